The van der Waals surface area contributed by atoms with Crippen molar-refractivity contribution < 1.29 is 4.79 Å². The van der Waals surface area contributed by atoms with E-state index < -0.39 is 0 Å². The molecule has 0 aliphatic carbocycles. The number of hydrogen-bond donors (Lipinski definition) is 0. The van der Waals surface area contributed by atoms with Crippen LogP contribution in [0.25, 0.3) is 0 Å². The maximum Gasteiger partial charge on any atom is 0.227 e. The minimum absolute atomic E-state index is 0.0668. The third-order valence-corrected chi connectivity index (χ3v) is 2.86. The fraction of sp³-hybridized carbons (Fsp3) is 0.375. The van der Waals surface area contributed by atoms with E-state index >= 15 is 0 Å². The van der Waals surface area contributed by atoms with Gasteiger partial charge in [0.2, 0.25) is 5.91 Å². The molecule has 1 amide bonds. The predicted molar refractivity (Wildman–Crippen MR) is 76.5 cm³/mol. The van der Waals surface area contributed by atoms with Gasteiger partial charge in [-0.05, 0) is 38.5 Å². The van der Waals surface area contributed by atoms with Crippen LogP contribution in [0, 0.1) is 11.3 Å². The molecule has 0 saturated carbocycles. The number of amides is 1. The molecule has 0 aliphatic heterocycles. The Morgan fingerprint density at radius 1 is 1.37 bits per heavy atom. The minimum Gasteiger partial charge on any atom is -0.334 e. The van der Waals surface area contributed by atoms with Crippen LogP contribution in [-0.2, 0) is 11.2 Å². The Balaban J connectivity index is 2.81. The Bertz CT molecular complexity index is 489. The van der Waals surface area contributed by atoms with Gasteiger partial charge in [-0.3, -0.25) is 4.79 Å². The smallest absolute Gasteiger partial charge is 0.227 e. The number of benzene rings is 1. The van der Waals surface area contributed by atoms with Crippen LogP contribution >= 0.6 is 0 Å². The lowest BCUT2D eigenvalue weighted by atomic mass is 10.0. The maximum absolute atomic E-state index is 12.3. The Kier molecular flexibility index (Phi) is 4.88. The van der Waals surface area contributed by atoms with Crippen LogP contribution in [0.15, 0.2) is 36.9 Å². The second-order valence-electron chi connectivity index (χ2n) is 5.45. The molecule has 0 spiro atoms. The number of carbonyl (C=O) groups excluding carboxylic acids is 1. The third-order valence-electron chi connectivity index (χ3n) is 2.86. The van der Waals surface area contributed by atoms with Crippen LogP contribution in [0.2, 0.25) is 0 Å². The van der Waals surface area contributed by atoms with Gasteiger partial charge in [0, 0.05) is 12.1 Å². The minimum atomic E-state index is -0.224. The first-order valence-electron chi connectivity index (χ1n) is 6.29. The SMILES string of the molecule is C=CCN(C(=O)Cc1ccc(C#N)cc1)C(C)(C)C. The highest BCUT2D eigenvalue weighted by Gasteiger charge is 2.24. The van der Waals surface area contributed by atoms with Gasteiger partial charge < -0.3 is 4.90 Å². The van der Waals surface area contributed by atoms with Crippen LogP contribution < -0.4 is 0 Å². The molecule has 0 aromatic heterocycles. The molecule has 3 heteroatoms. The van der Waals surface area contributed by atoms with Crippen molar-refractivity contribution in [1.29, 1.82) is 5.26 Å². The first-order chi connectivity index (χ1) is 8.88. The van der Waals surface area contributed by atoms with Crippen molar-refractivity contribution in [1.82, 2.24) is 4.90 Å². The summed E-state index contributed by atoms with van der Waals surface area (Å²) in [5.41, 5.74) is 1.30. The maximum atomic E-state index is 12.3. The van der Waals surface area contributed by atoms with Gasteiger partial charge >= 0.3 is 0 Å². The number of nitrogens with zero attached hydrogens (tertiary/aromatic N) is 2. The number of carbonyl (C=O) groups is 1. The van der Waals surface area contributed by atoms with E-state index in [0.717, 1.165) is 5.56 Å². The average molecular weight is 256 g/mol. The van der Waals surface area contributed by atoms with Gasteiger partial charge in [0.1, 0.15) is 0 Å². The summed E-state index contributed by atoms with van der Waals surface area (Å²) in [7, 11) is 0. The molecule has 1 rings (SSSR count). The molecule has 3 nitrogen and oxygen atoms in total. The van der Waals surface area contributed by atoms with E-state index in [9.17, 15) is 4.79 Å². The number of rotatable bonds is 4. The second-order valence-corrected chi connectivity index (χ2v) is 5.45. The summed E-state index contributed by atoms with van der Waals surface area (Å²) in [6, 6.07) is 9.18. The van der Waals surface area contributed by atoms with Crippen LogP contribution in [0.3, 0.4) is 0 Å². The summed E-state index contributed by atoms with van der Waals surface area (Å²) in [5, 5.41) is 8.74. The molecule has 0 fully saturated rings. The summed E-state index contributed by atoms with van der Waals surface area (Å²) in [4.78, 5) is 14.1. The summed E-state index contributed by atoms with van der Waals surface area (Å²) < 4.78 is 0. The lowest BCUT2D eigenvalue weighted by Crippen LogP contribution is -2.46. The monoisotopic (exact) mass is 256 g/mol. The van der Waals surface area contributed by atoms with Crippen LogP contribution in [0.1, 0.15) is 31.9 Å². The van der Waals surface area contributed by atoms with E-state index in [4.69, 9.17) is 5.26 Å². The average Bonchev–Trinajstić information content (AvgIpc) is 2.35. The first kappa shape index (κ1) is 15.0. The summed E-state index contributed by atoms with van der Waals surface area (Å²) in [5.74, 6) is 0.0668. The van der Waals surface area contributed by atoms with Crippen molar-refractivity contribution in [2.75, 3.05) is 6.54 Å². The zero-order chi connectivity index (χ0) is 14.5. The van der Waals surface area contributed by atoms with Crippen molar-refractivity contribution in [3.8, 4) is 6.07 Å². The van der Waals surface area contributed by atoms with Crippen molar-refractivity contribution in [3.63, 3.8) is 0 Å². The van der Waals surface area contributed by atoms with Crippen LogP contribution in [0.4, 0.5) is 0 Å². The summed E-state index contributed by atoms with van der Waals surface area (Å²) >= 11 is 0. The highest BCUT2D eigenvalue weighted by Crippen LogP contribution is 2.15. The quantitative estimate of drug-likeness (QED) is 0.777. The molecule has 1 aromatic carbocycles. The summed E-state index contributed by atoms with van der Waals surface area (Å²) in [6.45, 7) is 10.3. The van der Waals surface area contributed by atoms with E-state index in [1.165, 1.54) is 0 Å². The highest BCUT2D eigenvalue weighted by atomic mass is 16.2. The van der Waals surface area contributed by atoms with Crippen molar-refractivity contribution in [3.05, 3.63) is 48.0 Å². The number of hydrogen-bond acceptors (Lipinski definition) is 2. The topological polar surface area (TPSA) is 44.1 Å². The zero-order valence-electron chi connectivity index (χ0n) is 11.8. The molecule has 0 radical (unpaired) electrons. The first-order valence-corrected chi connectivity index (χ1v) is 6.29. The zero-order valence-corrected chi connectivity index (χ0v) is 11.8. The van der Waals surface area contributed by atoms with Crippen molar-refractivity contribution >= 4 is 5.91 Å². The summed E-state index contributed by atoms with van der Waals surface area (Å²) in [6.07, 6.45) is 2.08. The molecule has 0 bridgehead atoms. The highest BCUT2D eigenvalue weighted by molar-refractivity contribution is 5.79. The Morgan fingerprint density at radius 2 is 1.95 bits per heavy atom. The molecular formula is C16H20N2O. The van der Waals surface area contributed by atoms with Gasteiger partial charge in [0.25, 0.3) is 0 Å². The Morgan fingerprint density at radius 3 is 2.37 bits per heavy atom. The van der Waals surface area contributed by atoms with Gasteiger partial charge in [-0.2, -0.15) is 5.26 Å². The molecule has 0 atom stereocenters. The standard InChI is InChI=1S/C16H20N2O/c1-5-10-18(16(2,3)4)15(19)11-13-6-8-14(12-17)9-7-13/h5-9H,1,10-11H2,2-4H3. The Labute approximate surface area is 115 Å². The molecule has 0 aliphatic rings. The van der Waals surface area contributed by atoms with Gasteiger partial charge in [-0.25, -0.2) is 0 Å². The fourth-order valence-electron chi connectivity index (χ4n) is 1.85. The second kappa shape index (κ2) is 6.19. The molecule has 0 heterocycles. The predicted octanol–water partition coefficient (Wildman–Crippen LogP) is 2.91. The van der Waals surface area contributed by atoms with Crippen LogP contribution in [-0.4, -0.2) is 22.9 Å². The van der Waals surface area contributed by atoms with E-state index in [0.29, 0.717) is 18.5 Å². The normalized spacial score (nSPS) is 10.6. The van der Waals surface area contributed by atoms with E-state index in [1.54, 1.807) is 23.1 Å². The molecule has 100 valence electrons. The van der Waals surface area contributed by atoms with Crippen molar-refractivity contribution in [2.45, 2.75) is 32.7 Å². The van der Waals surface area contributed by atoms with Gasteiger partial charge in [-0.1, -0.05) is 18.2 Å². The molecule has 1 aromatic rings. The number of nitriles is 1. The molecular weight excluding hydrogens is 236 g/mol. The lowest BCUT2D eigenvalue weighted by molar-refractivity contribution is -0.134. The molecule has 19 heavy (non-hydrogen) atoms. The lowest BCUT2D eigenvalue weighted by Gasteiger charge is -2.35. The van der Waals surface area contributed by atoms with Gasteiger partial charge in [-0.15, -0.1) is 6.58 Å². The van der Waals surface area contributed by atoms with E-state index in [-0.39, 0.29) is 11.4 Å². The molecule has 0 unspecified atom stereocenters. The van der Waals surface area contributed by atoms with E-state index in [2.05, 4.69) is 12.6 Å². The van der Waals surface area contributed by atoms with Crippen LogP contribution in [0.5, 0.6) is 0 Å². The van der Waals surface area contributed by atoms with E-state index in [1.807, 2.05) is 32.9 Å². The fourth-order valence-corrected chi connectivity index (χ4v) is 1.85. The van der Waals surface area contributed by atoms with Crippen molar-refractivity contribution in [2.24, 2.45) is 0 Å². The molecule has 0 saturated heterocycles. The molecule has 0 N–H and O–H groups in total. The van der Waals surface area contributed by atoms with Gasteiger partial charge in [0.15, 0.2) is 0 Å². The van der Waals surface area contributed by atoms with Gasteiger partial charge in [0.05, 0.1) is 18.1 Å². The third kappa shape index (κ3) is 4.26. The Hall–Kier alpha value is -2.08. The largest absolute Gasteiger partial charge is 0.334 e.